The van der Waals surface area contributed by atoms with E-state index in [4.69, 9.17) is 16.3 Å². The van der Waals surface area contributed by atoms with E-state index in [2.05, 4.69) is 17.1 Å². The Bertz CT molecular complexity index is 290. The van der Waals surface area contributed by atoms with Crippen molar-refractivity contribution >= 4 is 11.6 Å². The minimum Gasteiger partial charge on any atom is -0.375 e. The molecule has 17 heavy (non-hydrogen) atoms. The molecule has 4 heteroatoms. The zero-order valence-electron chi connectivity index (χ0n) is 10.5. The summed E-state index contributed by atoms with van der Waals surface area (Å²) in [5.74, 6) is 0. The predicted molar refractivity (Wildman–Crippen MR) is 70.1 cm³/mol. The summed E-state index contributed by atoms with van der Waals surface area (Å²) >= 11 is 5.64. The van der Waals surface area contributed by atoms with Crippen molar-refractivity contribution in [2.24, 2.45) is 0 Å². The van der Waals surface area contributed by atoms with Crippen molar-refractivity contribution in [2.75, 3.05) is 6.61 Å². The third-order valence-corrected chi connectivity index (χ3v) is 2.78. The highest BCUT2D eigenvalue weighted by Crippen LogP contribution is 2.06. The SMILES string of the molecule is CCCCCCCCOCc1ccc(Cl)nn1. The molecule has 0 bridgehead atoms. The highest BCUT2D eigenvalue weighted by Gasteiger charge is 1.96. The van der Waals surface area contributed by atoms with Gasteiger partial charge in [-0.15, -0.1) is 5.10 Å². The molecule has 0 spiro atoms. The number of aromatic nitrogens is 2. The molecule has 0 N–H and O–H groups in total. The van der Waals surface area contributed by atoms with Gasteiger partial charge >= 0.3 is 0 Å². The second-order valence-electron chi connectivity index (χ2n) is 4.17. The van der Waals surface area contributed by atoms with Crippen molar-refractivity contribution in [2.45, 2.75) is 52.1 Å². The molecular formula is C13H21ClN2O. The average Bonchev–Trinajstić information content (AvgIpc) is 2.35. The minimum absolute atomic E-state index is 0.421. The molecule has 1 aromatic heterocycles. The fraction of sp³-hybridized carbons (Fsp3) is 0.692. The molecular weight excluding hydrogens is 236 g/mol. The Morgan fingerprint density at radius 1 is 1.06 bits per heavy atom. The van der Waals surface area contributed by atoms with Gasteiger partial charge in [-0.05, 0) is 18.6 Å². The van der Waals surface area contributed by atoms with Gasteiger partial charge in [0, 0.05) is 6.61 Å². The average molecular weight is 257 g/mol. The number of ether oxygens (including phenoxy) is 1. The Labute approximate surface area is 109 Å². The summed E-state index contributed by atoms with van der Waals surface area (Å²) in [6.45, 7) is 3.56. The van der Waals surface area contributed by atoms with Gasteiger partial charge in [-0.3, -0.25) is 0 Å². The number of unbranched alkanes of at least 4 members (excludes halogenated alkanes) is 5. The lowest BCUT2D eigenvalue weighted by molar-refractivity contribution is 0.113. The zero-order chi connectivity index (χ0) is 12.3. The Morgan fingerprint density at radius 2 is 1.82 bits per heavy atom. The molecule has 96 valence electrons. The monoisotopic (exact) mass is 256 g/mol. The summed E-state index contributed by atoms with van der Waals surface area (Å²) in [5.41, 5.74) is 0.834. The van der Waals surface area contributed by atoms with E-state index in [0.29, 0.717) is 11.8 Å². The molecule has 0 aliphatic heterocycles. The summed E-state index contributed by atoms with van der Waals surface area (Å²) in [6.07, 6.45) is 7.70. The van der Waals surface area contributed by atoms with Crippen LogP contribution in [0, 0.1) is 0 Å². The van der Waals surface area contributed by atoms with Crippen LogP contribution in [-0.2, 0) is 11.3 Å². The molecule has 0 saturated heterocycles. The third kappa shape index (κ3) is 7.29. The first kappa shape index (κ1) is 14.4. The number of hydrogen-bond acceptors (Lipinski definition) is 3. The fourth-order valence-electron chi connectivity index (χ4n) is 1.58. The van der Waals surface area contributed by atoms with E-state index in [1.54, 1.807) is 6.07 Å². The highest BCUT2D eigenvalue weighted by atomic mass is 35.5. The zero-order valence-corrected chi connectivity index (χ0v) is 11.2. The molecule has 0 aliphatic rings. The summed E-state index contributed by atoms with van der Waals surface area (Å²) in [4.78, 5) is 0. The molecule has 0 unspecified atom stereocenters. The topological polar surface area (TPSA) is 35.0 Å². The Kier molecular flexibility index (Phi) is 7.93. The molecule has 1 rings (SSSR count). The molecule has 1 aromatic rings. The van der Waals surface area contributed by atoms with Crippen molar-refractivity contribution < 1.29 is 4.74 Å². The van der Waals surface area contributed by atoms with Crippen molar-refractivity contribution in [1.82, 2.24) is 10.2 Å². The fourth-order valence-corrected chi connectivity index (χ4v) is 1.68. The molecule has 0 atom stereocenters. The predicted octanol–water partition coefficient (Wildman–Crippen LogP) is 4.01. The summed E-state index contributed by atoms with van der Waals surface area (Å²) in [5, 5.41) is 8.11. The first-order valence-electron chi connectivity index (χ1n) is 6.38. The van der Waals surface area contributed by atoms with Crippen molar-refractivity contribution in [3.63, 3.8) is 0 Å². The maximum atomic E-state index is 5.64. The lowest BCUT2D eigenvalue weighted by Gasteiger charge is -2.03. The Morgan fingerprint density at radius 3 is 2.53 bits per heavy atom. The standard InChI is InChI=1S/C13H21ClN2O/c1-2-3-4-5-6-7-10-17-11-12-8-9-13(14)16-15-12/h8-9H,2-7,10-11H2,1H3. The van der Waals surface area contributed by atoms with Crippen LogP contribution in [0.2, 0.25) is 5.15 Å². The van der Waals surface area contributed by atoms with E-state index in [1.165, 1.54) is 32.1 Å². The highest BCUT2D eigenvalue weighted by molar-refractivity contribution is 6.29. The smallest absolute Gasteiger partial charge is 0.151 e. The molecule has 3 nitrogen and oxygen atoms in total. The number of nitrogens with zero attached hydrogens (tertiary/aromatic N) is 2. The van der Waals surface area contributed by atoms with Crippen LogP contribution in [0.4, 0.5) is 0 Å². The van der Waals surface area contributed by atoms with Crippen LogP contribution in [-0.4, -0.2) is 16.8 Å². The molecule has 1 heterocycles. The first-order valence-corrected chi connectivity index (χ1v) is 6.76. The van der Waals surface area contributed by atoms with E-state index < -0.39 is 0 Å². The Balaban J connectivity index is 1.95. The lowest BCUT2D eigenvalue weighted by atomic mass is 10.1. The van der Waals surface area contributed by atoms with Crippen LogP contribution in [0.1, 0.15) is 51.1 Å². The largest absolute Gasteiger partial charge is 0.375 e. The van der Waals surface area contributed by atoms with Gasteiger partial charge in [-0.1, -0.05) is 50.6 Å². The van der Waals surface area contributed by atoms with Crippen LogP contribution in [0.25, 0.3) is 0 Å². The molecule has 0 radical (unpaired) electrons. The normalized spacial score (nSPS) is 10.7. The van der Waals surface area contributed by atoms with Crippen LogP contribution in [0.5, 0.6) is 0 Å². The van der Waals surface area contributed by atoms with E-state index in [0.717, 1.165) is 18.7 Å². The number of rotatable bonds is 9. The van der Waals surface area contributed by atoms with Gasteiger partial charge in [0.25, 0.3) is 0 Å². The summed E-state index contributed by atoms with van der Waals surface area (Å²) in [7, 11) is 0. The van der Waals surface area contributed by atoms with Crippen LogP contribution < -0.4 is 0 Å². The van der Waals surface area contributed by atoms with E-state index >= 15 is 0 Å². The maximum absolute atomic E-state index is 5.64. The van der Waals surface area contributed by atoms with E-state index in [9.17, 15) is 0 Å². The molecule has 0 fully saturated rings. The first-order chi connectivity index (χ1) is 8.33. The van der Waals surface area contributed by atoms with E-state index in [-0.39, 0.29) is 0 Å². The lowest BCUT2D eigenvalue weighted by Crippen LogP contribution is -1.99. The number of hydrogen-bond donors (Lipinski definition) is 0. The van der Waals surface area contributed by atoms with Crippen molar-refractivity contribution in [1.29, 1.82) is 0 Å². The summed E-state index contributed by atoms with van der Waals surface area (Å²) < 4.78 is 5.52. The third-order valence-electron chi connectivity index (χ3n) is 2.58. The second kappa shape index (κ2) is 9.37. The van der Waals surface area contributed by atoms with Crippen LogP contribution in [0.3, 0.4) is 0 Å². The van der Waals surface area contributed by atoms with E-state index in [1.807, 2.05) is 6.07 Å². The number of halogens is 1. The van der Waals surface area contributed by atoms with Gasteiger partial charge in [0.15, 0.2) is 5.15 Å². The van der Waals surface area contributed by atoms with Gasteiger partial charge in [0.2, 0.25) is 0 Å². The van der Waals surface area contributed by atoms with Gasteiger partial charge in [0.1, 0.15) is 0 Å². The van der Waals surface area contributed by atoms with Crippen molar-refractivity contribution in [3.8, 4) is 0 Å². The molecule has 0 aliphatic carbocycles. The Hall–Kier alpha value is -0.670. The summed E-state index contributed by atoms with van der Waals surface area (Å²) in [6, 6.07) is 3.58. The van der Waals surface area contributed by atoms with Crippen LogP contribution >= 0.6 is 11.6 Å². The second-order valence-corrected chi connectivity index (χ2v) is 4.55. The molecule has 0 saturated carbocycles. The van der Waals surface area contributed by atoms with Gasteiger partial charge in [0.05, 0.1) is 12.3 Å². The minimum atomic E-state index is 0.421. The van der Waals surface area contributed by atoms with Crippen molar-refractivity contribution in [3.05, 3.63) is 23.0 Å². The van der Waals surface area contributed by atoms with Gasteiger partial charge < -0.3 is 4.74 Å². The molecule has 0 aromatic carbocycles. The quantitative estimate of drug-likeness (QED) is 0.626. The molecule has 0 amide bonds. The maximum Gasteiger partial charge on any atom is 0.151 e. The van der Waals surface area contributed by atoms with Gasteiger partial charge in [-0.2, -0.15) is 5.10 Å². The van der Waals surface area contributed by atoms with Gasteiger partial charge in [-0.25, -0.2) is 0 Å². The van der Waals surface area contributed by atoms with Crippen LogP contribution in [0.15, 0.2) is 12.1 Å².